The minimum atomic E-state index is -3.29. The van der Waals surface area contributed by atoms with Crippen LogP contribution in [0.2, 0.25) is 0 Å². The van der Waals surface area contributed by atoms with Crippen molar-refractivity contribution >= 4 is 21.4 Å². The van der Waals surface area contributed by atoms with Crippen LogP contribution in [0.25, 0.3) is 0 Å². The van der Waals surface area contributed by atoms with Crippen LogP contribution in [0, 0.1) is 0 Å². The number of anilines is 1. The second-order valence-corrected chi connectivity index (χ2v) is 10.3. The Balaban J connectivity index is 1.74. The Kier molecular flexibility index (Phi) is 7.32. The number of nitrogens with zero attached hydrogens (tertiary/aromatic N) is 1. The molecule has 0 aromatic heterocycles. The van der Waals surface area contributed by atoms with Crippen molar-refractivity contribution < 1.29 is 13.2 Å². The van der Waals surface area contributed by atoms with E-state index in [1.807, 2.05) is 25.1 Å². The number of benzene rings is 2. The number of fused-ring (bicyclic) bond motifs is 1. The average molecular weight is 429 g/mol. The Morgan fingerprint density at radius 3 is 2.60 bits per heavy atom. The minimum absolute atomic E-state index is 0.0808. The summed E-state index contributed by atoms with van der Waals surface area (Å²) in [7, 11) is -3.29. The molecule has 30 heavy (non-hydrogen) atoms. The summed E-state index contributed by atoms with van der Waals surface area (Å²) in [6, 6.07) is 12.4. The lowest BCUT2D eigenvalue weighted by atomic mass is 10.1. The molecule has 2 N–H and O–H groups in total. The van der Waals surface area contributed by atoms with Crippen LogP contribution in [0.5, 0.6) is 0 Å². The monoisotopic (exact) mass is 428 g/mol. The molecule has 1 aliphatic heterocycles. The van der Waals surface area contributed by atoms with Crippen LogP contribution in [-0.4, -0.2) is 26.6 Å². The van der Waals surface area contributed by atoms with Gasteiger partial charge in [0, 0.05) is 23.8 Å². The van der Waals surface area contributed by atoms with Crippen molar-refractivity contribution in [3.05, 3.63) is 59.2 Å². The predicted octanol–water partition coefficient (Wildman–Crippen LogP) is 4.65. The van der Waals surface area contributed by atoms with E-state index in [0.717, 1.165) is 42.5 Å². The third-order valence-electron chi connectivity index (χ3n) is 5.73. The molecule has 3 rings (SSSR count). The van der Waals surface area contributed by atoms with Gasteiger partial charge in [0.2, 0.25) is 0 Å². The smallest absolute Gasteiger partial charge is 0.258 e. The first-order chi connectivity index (χ1) is 14.3. The van der Waals surface area contributed by atoms with Gasteiger partial charge in [0.25, 0.3) is 5.91 Å². The van der Waals surface area contributed by atoms with Crippen LogP contribution < -0.4 is 10.6 Å². The molecule has 2 aromatic carbocycles. The molecule has 0 saturated heterocycles. The Labute approximate surface area is 180 Å². The summed E-state index contributed by atoms with van der Waals surface area (Å²) in [5.41, 5.74) is 9.18. The van der Waals surface area contributed by atoms with E-state index >= 15 is 0 Å². The number of hydrogen-bond acceptors (Lipinski definition) is 4. The highest BCUT2D eigenvalue weighted by molar-refractivity contribution is 7.91. The molecule has 1 aliphatic rings. The normalized spacial score (nSPS) is 14.6. The van der Waals surface area contributed by atoms with Gasteiger partial charge in [0.15, 0.2) is 9.84 Å². The lowest BCUT2D eigenvalue weighted by molar-refractivity contribution is 0.0989. The zero-order valence-electron chi connectivity index (χ0n) is 17.9. The fraction of sp³-hybridized carbons (Fsp3) is 0.458. The highest BCUT2D eigenvalue weighted by Gasteiger charge is 2.27. The number of rotatable bonds is 9. The van der Waals surface area contributed by atoms with E-state index in [-0.39, 0.29) is 17.7 Å². The molecule has 1 atom stereocenters. The fourth-order valence-electron chi connectivity index (χ4n) is 3.91. The first-order valence-electron chi connectivity index (χ1n) is 10.9. The molecule has 1 unspecified atom stereocenters. The first kappa shape index (κ1) is 22.5. The van der Waals surface area contributed by atoms with Crippen LogP contribution in [0.15, 0.2) is 47.4 Å². The van der Waals surface area contributed by atoms with Crippen LogP contribution >= 0.6 is 0 Å². The van der Waals surface area contributed by atoms with Gasteiger partial charge in [-0.1, -0.05) is 44.7 Å². The number of hydrogen-bond donors (Lipinski definition) is 1. The zero-order chi connectivity index (χ0) is 21.7. The lowest BCUT2D eigenvalue weighted by Gasteiger charge is -2.18. The van der Waals surface area contributed by atoms with Crippen molar-refractivity contribution in [1.29, 1.82) is 0 Å². The molecule has 5 nitrogen and oxygen atoms in total. The zero-order valence-corrected chi connectivity index (χ0v) is 18.7. The van der Waals surface area contributed by atoms with Crippen LogP contribution in [0.3, 0.4) is 0 Å². The molecule has 1 amide bonds. The Hall–Kier alpha value is -2.18. The Morgan fingerprint density at radius 2 is 1.87 bits per heavy atom. The molecule has 1 heterocycles. The van der Waals surface area contributed by atoms with E-state index in [2.05, 4.69) is 6.92 Å². The molecular formula is C24H32N2O3S. The van der Waals surface area contributed by atoms with Crippen molar-refractivity contribution in [2.45, 2.75) is 63.3 Å². The summed E-state index contributed by atoms with van der Waals surface area (Å²) in [5.74, 6) is 0.102. The maximum Gasteiger partial charge on any atom is 0.258 e. The van der Waals surface area contributed by atoms with Gasteiger partial charge in [0.05, 0.1) is 10.6 Å². The van der Waals surface area contributed by atoms with Crippen molar-refractivity contribution in [2.75, 3.05) is 17.2 Å². The van der Waals surface area contributed by atoms with E-state index in [1.165, 1.54) is 0 Å². The van der Waals surface area contributed by atoms with E-state index in [0.29, 0.717) is 29.8 Å². The van der Waals surface area contributed by atoms with Gasteiger partial charge in [-0.05, 0) is 61.2 Å². The van der Waals surface area contributed by atoms with Gasteiger partial charge < -0.3 is 10.6 Å². The molecular weight excluding hydrogens is 396 g/mol. The standard InChI is InChI=1S/C24H32N2O3S/c1-3-4-5-6-7-15-30(28,29)22-11-12-23-20(17-22)13-14-26(23)24(27)21-10-8-9-19(16-21)18(2)25/h8-12,16-18H,3-7,13-15,25H2,1-2H3. The van der Waals surface area contributed by atoms with Crippen molar-refractivity contribution in [2.24, 2.45) is 5.73 Å². The second-order valence-electron chi connectivity index (χ2n) is 8.14. The van der Waals surface area contributed by atoms with E-state index in [1.54, 1.807) is 29.2 Å². The summed E-state index contributed by atoms with van der Waals surface area (Å²) in [6.07, 6.45) is 5.67. The maximum absolute atomic E-state index is 13.1. The van der Waals surface area contributed by atoms with Gasteiger partial charge >= 0.3 is 0 Å². The number of sulfone groups is 1. The average Bonchev–Trinajstić information content (AvgIpc) is 3.16. The second kappa shape index (κ2) is 9.75. The van der Waals surface area contributed by atoms with E-state index < -0.39 is 9.84 Å². The van der Waals surface area contributed by atoms with Gasteiger partial charge in [0.1, 0.15) is 0 Å². The predicted molar refractivity (Wildman–Crippen MR) is 122 cm³/mol. The van der Waals surface area contributed by atoms with Gasteiger partial charge in [-0.3, -0.25) is 4.79 Å². The van der Waals surface area contributed by atoms with Crippen molar-refractivity contribution in [3.63, 3.8) is 0 Å². The molecule has 162 valence electrons. The van der Waals surface area contributed by atoms with Crippen LogP contribution in [0.4, 0.5) is 5.69 Å². The third kappa shape index (κ3) is 5.10. The van der Waals surface area contributed by atoms with Gasteiger partial charge in [-0.25, -0.2) is 8.42 Å². The molecule has 0 radical (unpaired) electrons. The molecule has 0 aliphatic carbocycles. The highest BCUT2D eigenvalue weighted by atomic mass is 32.2. The van der Waals surface area contributed by atoms with Crippen LogP contribution in [-0.2, 0) is 16.3 Å². The quantitative estimate of drug-likeness (QED) is 0.589. The molecule has 6 heteroatoms. The number of carbonyl (C=O) groups excluding carboxylic acids is 1. The molecule has 0 saturated carbocycles. The summed E-state index contributed by atoms with van der Waals surface area (Å²) in [4.78, 5) is 15.2. The summed E-state index contributed by atoms with van der Waals surface area (Å²) >= 11 is 0. The first-order valence-corrected chi connectivity index (χ1v) is 12.5. The van der Waals surface area contributed by atoms with Gasteiger partial charge in [-0.2, -0.15) is 0 Å². The number of unbranched alkanes of at least 4 members (excludes halogenated alkanes) is 4. The van der Waals surface area contributed by atoms with E-state index in [9.17, 15) is 13.2 Å². The number of carbonyl (C=O) groups is 1. The fourth-order valence-corrected chi connectivity index (χ4v) is 5.32. The SMILES string of the molecule is CCCCCCCS(=O)(=O)c1ccc2c(c1)CCN2C(=O)c1cccc(C(C)N)c1. The molecule has 0 spiro atoms. The van der Waals surface area contributed by atoms with Crippen molar-refractivity contribution in [3.8, 4) is 0 Å². The summed E-state index contributed by atoms with van der Waals surface area (Å²) in [6.45, 7) is 4.59. The van der Waals surface area contributed by atoms with Gasteiger partial charge in [-0.15, -0.1) is 0 Å². The largest absolute Gasteiger partial charge is 0.324 e. The third-order valence-corrected chi connectivity index (χ3v) is 7.53. The minimum Gasteiger partial charge on any atom is -0.324 e. The summed E-state index contributed by atoms with van der Waals surface area (Å²) in [5, 5.41) is 0. The maximum atomic E-state index is 13.1. The Bertz CT molecular complexity index is 999. The van der Waals surface area contributed by atoms with E-state index in [4.69, 9.17) is 5.73 Å². The lowest BCUT2D eigenvalue weighted by Crippen LogP contribution is -2.29. The topological polar surface area (TPSA) is 80.5 Å². The van der Waals surface area contributed by atoms with Crippen molar-refractivity contribution in [1.82, 2.24) is 0 Å². The number of nitrogens with two attached hydrogens (primary N) is 1. The molecule has 0 bridgehead atoms. The number of amides is 1. The van der Waals surface area contributed by atoms with Crippen LogP contribution in [0.1, 0.15) is 73.5 Å². The highest BCUT2D eigenvalue weighted by Crippen LogP contribution is 2.32. The summed E-state index contributed by atoms with van der Waals surface area (Å²) < 4.78 is 25.4. The molecule has 2 aromatic rings. The Morgan fingerprint density at radius 1 is 1.10 bits per heavy atom. The molecule has 0 fully saturated rings.